The van der Waals surface area contributed by atoms with Gasteiger partial charge in [0.25, 0.3) is 10.0 Å². The van der Waals surface area contributed by atoms with E-state index in [4.69, 9.17) is 11.6 Å². The van der Waals surface area contributed by atoms with Crippen LogP contribution in [0.1, 0.15) is 11.1 Å². The zero-order chi connectivity index (χ0) is 14.0. The highest BCUT2D eigenvalue weighted by molar-refractivity contribution is 7.92. The van der Waals surface area contributed by atoms with Crippen LogP contribution in [-0.2, 0) is 10.0 Å². The van der Waals surface area contributed by atoms with Gasteiger partial charge in [0.1, 0.15) is 0 Å². The Morgan fingerprint density at radius 2 is 1.79 bits per heavy atom. The van der Waals surface area contributed by atoms with E-state index in [9.17, 15) is 8.42 Å². The van der Waals surface area contributed by atoms with Gasteiger partial charge in [-0.05, 0) is 55.3 Å². The largest absolute Gasteiger partial charge is 0.280 e. The molecular formula is C14H14ClNO2S. The molecule has 2 rings (SSSR count). The van der Waals surface area contributed by atoms with E-state index in [0.717, 1.165) is 5.56 Å². The predicted molar refractivity (Wildman–Crippen MR) is 78.2 cm³/mol. The summed E-state index contributed by atoms with van der Waals surface area (Å²) >= 11 is 5.83. The van der Waals surface area contributed by atoms with Gasteiger partial charge in [-0.3, -0.25) is 4.72 Å². The van der Waals surface area contributed by atoms with Crippen LogP contribution in [0, 0.1) is 13.8 Å². The highest BCUT2D eigenvalue weighted by Gasteiger charge is 2.16. The van der Waals surface area contributed by atoms with Gasteiger partial charge in [0.15, 0.2) is 0 Å². The lowest BCUT2D eigenvalue weighted by molar-refractivity contribution is 0.600. The first-order chi connectivity index (χ1) is 8.88. The molecule has 0 spiro atoms. The summed E-state index contributed by atoms with van der Waals surface area (Å²) in [5.41, 5.74) is 2.16. The Morgan fingerprint density at radius 3 is 2.42 bits per heavy atom. The first-order valence-corrected chi connectivity index (χ1v) is 7.60. The van der Waals surface area contributed by atoms with Crippen LogP contribution in [0.25, 0.3) is 0 Å². The summed E-state index contributed by atoms with van der Waals surface area (Å²) in [7, 11) is -3.59. The quantitative estimate of drug-likeness (QED) is 0.937. The molecule has 2 aromatic carbocycles. The van der Waals surface area contributed by atoms with Gasteiger partial charge in [-0.15, -0.1) is 0 Å². The maximum atomic E-state index is 12.3. The summed E-state index contributed by atoms with van der Waals surface area (Å²) in [6.45, 7) is 3.63. The van der Waals surface area contributed by atoms with E-state index in [1.807, 2.05) is 19.1 Å². The normalized spacial score (nSPS) is 11.3. The van der Waals surface area contributed by atoms with Crippen LogP contribution in [-0.4, -0.2) is 8.42 Å². The van der Waals surface area contributed by atoms with Gasteiger partial charge in [0.2, 0.25) is 0 Å². The summed E-state index contributed by atoms with van der Waals surface area (Å²) in [6, 6.07) is 11.9. The van der Waals surface area contributed by atoms with Gasteiger partial charge in [-0.25, -0.2) is 8.42 Å². The summed E-state index contributed by atoms with van der Waals surface area (Å²) < 4.78 is 27.1. The number of halogens is 1. The Morgan fingerprint density at radius 1 is 1.05 bits per heavy atom. The van der Waals surface area contributed by atoms with Crippen molar-refractivity contribution in [2.24, 2.45) is 0 Å². The number of rotatable bonds is 3. The molecule has 0 heterocycles. The average Bonchev–Trinajstić information content (AvgIpc) is 2.27. The summed E-state index contributed by atoms with van der Waals surface area (Å²) in [4.78, 5) is 0.235. The zero-order valence-electron chi connectivity index (χ0n) is 10.6. The van der Waals surface area contributed by atoms with E-state index in [2.05, 4.69) is 4.72 Å². The maximum Gasteiger partial charge on any atom is 0.262 e. The van der Waals surface area contributed by atoms with Crippen molar-refractivity contribution in [3.05, 3.63) is 58.6 Å². The second kappa shape index (κ2) is 5.23. The van der Waals surface area contributed by atoms with E-state index in [0.29, 0.717) is 16.3 Å². The number of anilines is 1. The second-order valence-corrected chi connectivity index (χ2v) is 6.47. The Kier molecular flexibility index (Phi) is 3.83. The van der Waals surface area contributed by atoms with Crippen molar-refractivity contribution < 1.29 is 8.42 Å². The lowest BCUT2D eigenvalue weighted by atomic mass is 10.2. The van der Waals surface area contributed by atoms with Gasteiger partial charge in [0, 0.05) is 10.7 Å². The molecule has 2 aromatic rings. The number of hydrogen-bond donors (Lipinski definition) is 1. The van der Waals surface area contributed by atoms with E-state index >= 15 is 0 Å². The zero-order valence-corrected chi connectivity index (χ0v) is 12.2. The Labute approximate surface area is 118 Å². The molecule has 1 N–H and O–H groups in total. The van der Waals surface area contributed by atoms with Crippen LogP contribution < -0.4 is 4.72 Å². The fraction of sp³-hybridized carbons (Fsp3) is 0.143. The number of hydrogen-bond acceptors (Lipinski definition) is 2. The average molecular weight is 296 g/mol. The fourth-order valence-corrected chi connectivity index (χ4v) is 3.34. The van der Waals surface area contributed by atoms with Crippen molar-refractivity contribution in [3.63, 3.8) is 0 Å². The van der Waals surface area contributed by atoms with Gasteiger partial charge in [0.05, 0.1) is 4.90 Å². The van der Waals surface area contributed by atoms with Crippen molar-refractivity contribution in [2.45, 2.75) is 18.7 Å². The number of benzene rings is 2. The van der Waals surface area contributed by atoms with Crippen LogP contribution in [0.15, 0.2) is 47.4 Å². The second-order valence-electron chi connectivity index (χ2n) is 4.38. The number of aryl methyl sites for hydroxylation is 2. The van der Waals surface area contributed by atoms with E-state index in [1.165, 1.54) is 6.07 Å². The van der Waals surface area contributed by atoms with E-state index < -0.39 is 10.0 Å². The molecule has 0 amide bonds. The molecule has 0 unspecified atom stereocenters. The first-order valence-electron chi connectivity index (χ1n) is 5.74. The molecule has 0 aliphatic heterocycles. The SMILES string of the molecule is Cc1cccc(NS(=O)(=O)c2ccc(Cl)cc2C)c1. The molecule has 100 valence electrons. The van der Waals surface area contributed by atoms with Gasteiger partial charge in [-0.1, -0.05) is 23.7 Å². The molecule has 0 saturated carbocycles. The number of sulfonamides is 1. The smallest absolute Gasteiger partial charge is 0.262 e. The van der Waals surface area contributed by atoms with Gasteiger partial charge < -0.3 is 0 Å². The van der Waals surface area contributed by atoms with Crippen LogP contribution in [0.4, 0.5) is 5.69 Å². The molecule has 0 saturated heterocycles. The molecule has 5 heteroatoms. The van der Waals surface area contributed by atoms with Crippen molar-refractivity contribution in [1.82, 2.24) is 0 Å². The molecular weight excluding hydrogens is 282 g/mol. The third-order valence-corrected chi connectivity index (χ3v) is 4.47. The minimum atomic E-state index is -3.59. The molecule has 0 fully saturated rings. The molecule has 0 aliphatic carbocycles. The Hall–Kier alpha value is -1.52. The summed E-state index contributed by atoms with van der Waals surface area (Å²) in [5, 5.41) is 0.520. The van der Waals surface area contributed by atoms with Gasteiger partial charge >= 0.3 is 0 Å². The summed E-state index contributed by atoms with van der Waals surface area (Å²) in [5.74, 6) is 0. The Bertz CT molecular complexity index is 711. The van der Waals surface area contributed by atoms with Gasteiger partial charge in [-0.2, -0.15) is 0 Å². The first kappa shape index (κ1) is 13.9. The van der Waals surface area contributed by atoms with Crippen LogP contribution in [0.3, 0.4) is 0 Å². The van der Waals surface area contributed by atoms with Crippen molar-refractivity contribution in [3.8, 4) is 0 Å². The predicted octanol–water partition coefficient (Wildman–Crippen LogP) is 3.76. The fourth-order valence-electron chi connectivity index (χ4n) is 1.83. The van der Waals surface area contributed by atoms with Crippen molar-refractivity contribution in [1.29, 1.82) is 0 Å². The molecule has 0 aliphatic rings. The van der Waals surface area contributed by atoms with Crippen LogP contribution in [0.5, 0.6) is 0 Å². The molecule has 0 aromatic heterocycles. The van der Waals surface area contributed by atoms with Crippen LogP contribution in [0.2, 0.25) is 5.02 Å². The molecule has 19 heavy (non-hydrogen) atoms. The van der Waals surface area contributed by atoms with Crippen molar-refractivity contribution in [2.75, 3.05) is 4.72 Å². The summed E-state index contributed by atoms with van der Waals surface area (Å²) in [6.07, 6.45) is 0. The van der Waals surface area contributed by atoms with E-state index in [-0.39, 0.29) is 4.90 Å². The van der Waals surface area contributed by atoms with Crippen molar-refractivity contribution >= 4 is 27.3 Å². The molecule has 0 atom stereocenters. The molecule has 0 radical (unpaired) electrons. The third kappa shape index (κ3) is 3.28. The number of nitrogens with one attached hydrogen (secondary N) is 1. The standard InChI is InChI=1S/C14H14ClNO2S/c1-10-4-3-5-13(8-10)16-19(17,18)14-7-6-12(15)9-11(14)2/h3-9,16H,1-2H3. The maximum absolute atomic E-state index is 12.3. The molecule has 3 nitrogen and oxygen atoms in total. The third-order valence-electron chi connectivity index (χ3n) is 2.70. The topological polar surface area (TPSA) is 46.2 Å². The molecule has 0 bridgehead atoms. The lowest BCUT2D eigenvalue weighted by Gasteiger charge is -2.11. The highest BCUT2D eigenvalue weighted by atomic mass is 35.5. The minimum absolute atomic E-state index is 0.235. The Balaban J connectivity index is 2.38. The highest BCUT2D eigenvalue weighted by Crippen LogP contribution is 2.22. The minimum Gasteiger partial charge on any atom is -0.280 e. The van der Waals surface area contributed by atoms with Crippen LogP contribution >= 0.6 is 11.6 Å². The lowest BCUT2D eigenvalue weighted by Crippen LogP contribution is -2.14. The monoisotopic (exact) mass is 295 g/mol. The van der Waals surface area contributed by atoms with E-state index in [1.54, 1.807) is 31.2 Å².